The summed E-state index contributed by atoms with van der Waals surface area (Å²) in [6.07, 6.45) is 4.92. The fourth-order valence-electron chi connectivity index (χ4n) is 4.24. The molecule has 37 heavy (non-hydrogen) atoms. The molecule has 2 aromatic carbocycles. The minimum absolute atomic E-state index is 0.136. The molecule has 0 radical (unpaired) electrons. The van der Waals surface area contributed by atoms with Crippen molar-refractivity contribution in [2.45, 2.75) is 45.1 Å². The molecule has 0 spiro atoms. The molecular formula is C29H32ClN3O4. The van der Waals surface area contributed by atoms with E-state index in [0.29, 0.717) is 41.5 Å². The van der Waals surface area contributed by atoms with Crippen LogP contribution in [0.2, 0.25) is 5.02 Å². The average molecular weight is 522 g/mol. The van der Waals surface area contributed by atoms with Crippen LogP contribution in [0.15, 0.2) is 54.7 Å². The van der Waals surface area contributed by atoms with Crippen LogP contribution in [0.5, 0.6) is 17.2 Å². The van der Waals surface area contributed by atoms with Gasteiger partial charge < -0.3 is 20.1 Å². The molecule has 0 bridgehead atoms. The Balaban J connectivity index is 1.33. The second kappa shape index (κ2) is 12.7. The molecule has 1 amide bonds. The lowest BCUT2D eigenvalue weighted by molar-refractivity contribution is -0.118. The minimum Gasteiger partial charge on any atom is -0.490 e. The van der Waals surface area contributed by atoms with E-state index in [0.717, 1.165) is 42.6 Å². The van der Waals surface area contributed by atoms with E-state index in [9.17, 15) is 9.59 Å². The largest absolute Gasteiger partial charge is 0.490 e. The summed E-state index contributed by atoms with van der Waals surface area (Å²) in [5, 5.41) is 6.54. The molecule has 0 saturated carbocycles. The maximum Gasteiger partial charge on any atom is 0.269 e. The van der Waals surface area contributed by atoms with Gasteiger partial charge in [0.2, 0.25) is 0 Å². The highest BCUT2D eigenvalue weighted by atomic mass is 35.5. The third kappa shape index (κ3) is 7.54. The van der Waals surface area contributed by atoms with Gasteiger partial charge in [0.15, 0.2) is 0 Å². The predicted octanol–water partition coefficient (Wildman–Crippen LogP) is 5.07. The van der Waals surface area contributed by atoms with E-state index in [-0.39, 0.29) is 23.5 Å². The number of amides is 1. The van der Waals surface area contributed by atoms with Crippen LogP contribution >= 0.6 is 11.6 Å². The molecule has 1 aromatic heterocycles. The van der Waals surface area contributed by atoms with Gasteiger partial charge in [-0.15, -0.1) is 0 Å². The Labute approximate surface area is 222 Å². The summed E-state index contributed by atoms with van der Waals surface area (Å²) < 4.78 is 12.1. The molecule has 2 N–H and O–H groups in total. The highest BCUT2D eigenvalue weighted by molar-refractivity contribution is 6.31. The zero-order valence-electron chi connectivity index (χ0n) is 21.2. The molecule has 7 nitrogen and oxygen atoms in total. The SMILES string of the molecule is CNC(=O)c1cc(Oc2ccc(CCC(=O)Cc3cc(C)c(Cl)cc3OC3CCNCC3)cc2)ccn1. The number of pyridine rings is 1. The normalized spacial score (nSPS) is 13.7. The summed E-state index contributed by atoms with van der Waals surface area (Å²) in [5.74, 6) is 1.76. The quantitative estimate of drug-likeness (QED) is 0.387. The number of nitrogens with zero attached hydrogens (tertiary/aromatic N) is 1. The Bertz CT molecular complexity index is 1240. The van der Waals surface area contributed by atoms with Gasteiger partial charge in [0.05, 0.1) is 0 Å². The molecule has 3 aromatic rings. The number of carbonyl (C=O) groups excluding carboxylic acids is 2. The Morgan fingerprint density at radius 2 is 1.84 bits per heavy atom. The molecule has 0 unspecified atom stereocenters. The van der Waals surface area contributed by atoms with Crippen LogP contribution in [-0.2, 0) is 17.6 Å². The molecule has 1 saturated heterocycles. The first-order valence-corrected chi connectivity index (χ1v) is 12.9. The number of ketones is 1. The van der Waals surface area contributed by atoms with Gasteiger partial charge >= 0.3 is 0 Å². The lowest BCUT2D eigenvalue weighted by Crippen LogP contribution is -2.34. The minimum atomic E-state index is -0.274. The monoisotopic (exact) mass is 521 g/mol. The van der Waals surface area contributed by atoms with Crippen molar-refractivity contribution in [3.8, 4) is 17.2 Å². The number of aryl methyl sites for hydroxylation is 2. The topological polar surface area (TPSA) is 89.5 Å². The van der Waals surface area contributed by atoms with Crippen molar-refractivity contribution in [2.24, 2.45) is 0 Å². The number of nitrogens with one attached hydrogen (secondary N) is 2. The smallest absolute Gasteiger partial charge is 0.269 e. The lowest BCUT2D eigenvalue weighted by atomic mass is 10.00. The predicted molar refractivity (Wildman–Crippen MR) is 144 cm³/mol. The van der Waals surface area contributed by atoms with Gasteiger partial charge in [0, 0.05) is 42.7 Å². The molecule has 4 rings (SSSR count). The maximum atomic E-state index is 12.9. The fraction of sp³-hybridized carbons (Fsp3) is 0.345. The second-order valence-corrected chi connectivity index (χ2v) is 9.60. The summed E-state index contributed by atoms with van der Waals surface area (Å²) in [6, 6.07) is 14.7. The number of aromatic nitrogens is 1. The molecular weight excluding hydrogens is 490 g/mol. The number of hydrogen-bond acceptors (Lipinski definition) is 6. The third-order valence-electron chi connectivity index (χ3n) is 6.35. The molecule has 2 heterocycles. The van der Waals surface area contributed by atoms with E-state index in [2.05, 4.69) is 15.6 Å². The number of carbonyl (C=O) groups is 2. The van der Waals surface area contributed by atoms with Gasteiger partial charge in [-0.2, -0.15) is 0 Å². The molecule has 0 aliphatic carbocycles. The summed E-state index contributed by atoms with van der Waals surface area (Å²) in [5.41, 5.74) is 3.16. The van der Waals surface area contributed by atoms with Crippen molar-refractivity contribution in [2.75, 3.05) is 20.1 Å². The van der Waals surface area contributed by atoms with Crippen LogP contribution in [0.1, 0.15) is 46.4 Å². The Kier molecular flexibility index (Phi) is 9.14. The summed E-state index contributed by atoms with van der Waals surface area (Å²) in [4.78, 5) is 28.7. The first-order valence-electron chi connectivity index (χ1n) is 12.5. The van der Waals surface area contributed by atoms with Crippen LogP contribution in [0, 0.1) is 6.92 Å². The standard InChI is InChI=1S/C29H32ClN3O4/c1-19-15-21(28(18-26(19)30)37-24-9-12-32-13-10-24)16-22(34)6-3-20-4-7-23(8-5-20)36-25-11-14-33-27(17-25)29(35)31-2/h4-5,7-8,11,14-15,17-18,24,32H,3,6,9-10,12-13,16H2,1-2H3,(H,31,35). The Morgan fingerprint density at radius 3 is 2.57 bits per heavy atom. The number of hydrogen-bond donors (Lipinski definition) is 2. The highest BCUT2D eigenvalue weighted by Crippen LogP contribution is 2.30. The number of ether oxygens (including phenoxy) is 2. The van der Waals surface area contributed by atoms with Gasteiger partial charge in [-0.05, 0) is 74.7 Å². The number of rotatable bonds is 10. The van der Waals surface area contributed by atoms with E-state index in [1.807, 2.05) is 43.3 Å². The molecule has 194 valence electrons. The van der Waals surface area contributed by atoms with Crippen molar-refractivity contribution in [1.82, 2.24) is 15.6 Å². The van der Waals surface area contributed by atoms with Crippen molar-refractivity contribution in [3.05, 3.63) is 82.1 Å². The van der Waals surface area contributed by atoms with Crippen LogP contribution in [-0.4, -0.2) is 42.9 Å². The van der Waals surface area contributed by atoms with Gasteiger partial charge in [-0.3, -0.25) is 14.6 Å². The first kappa shape index (κ1) is 26.6. The summed E-state index contributed by atoms with van der Waals surface area (Å²) in [6.45, 7) is 3.81. The molecule has 8 heteroatoms. The zero-order chi connectivity index (χ0) is 26.2. The van der Waals surface area contributed by atoms with Crippen LogP contribution in [0.25, 0.3) is 0 Å². The van der Waals surface area contributed by atoms with E-state index in [1.165, 1.54) is 6.20 Å². The Hall–Kier alpha value is -3.42. The van der Waals surface area contributed by atoms with Crippen molar-refractivity contribution in [1.29, 1.82) is 0 Å². The first-order chi connectivity index (χ1) is 17.9. The Morgan fingerprint density at radius 1 is 1.08 bits per heavy atom. The number of piperidine rings is 1. The maximum absolute atomic E-state index is 12.9. The van der Waals surface area contributed by atoms with Crippen LogP contribution < -0.4 is 20.1 Å². The van der Waals surface area contributed by atoms with E-state index in [4.69, 9.17) is 21.1 Å². The summed E-state index contributed by atoms with van der Waals surface area (Å²) in [7, 11) is 1.56. The number of halogens is 1. The van der Waals surface area contributed by atoms with Gasteiger partial charge in [0.25, 0.3) is 5.91 Å². The molecule has 1 aliphatic heterocycles. The fourth-order valence-corrected chi connectivity index (χ4v) is 4.39. The summed E-state index contributed by atoms with van der Waals surface area (Å²) >= 11 is 6.36. The molecule has 0 atom stereocenters. The zero-order valence-corrected chi connectivity index (χ0v) is 21.9. The van der Waals surface area contributed by atoms with Gasteiger partial charge in [0.1, 0.15) is 34.8 Å². The van der Waals surface area contributed by atoms with Gasteiger partial charge in [-0.1, -0.05) is 29.8 Å². The second-order valence-electron chi connectivity index (χ2n) is 9.19. The molecule has 1 aliphatic rings. The van der Waals surface area contributed by atoms with Crippen LogP contribution in [0.4, 0.5) is 0 Å². The molecule has 1 fully saturated rings. The highest BCUT2D eigenvalue weighted by Gasteiger charge is 2.18. The number of Topliss-reactive ketones (excluding diaryl/α,β-unsaturated/α-hetero) is 1. The van der Waals surface area contributed by atoms with Crippen molar-refractivity contribution < 1.29 is 19.1 Å². The van der Waals surface area contributed by atoms with Crippen molar-refractivity contribution >= 4 is 23.3 Å². The third-order valence-corrected chi connectivity index (χ3v) is 6.76. The average Bonchev–Trinajstić information content (AvgIpc) is 2.91. The van der Waals surface area contributed by atoms with E-state index in [1.54, 1.807) is 19.2 Å². The van der Waals surface area contributed by atoms with E-state index < -0.39 is 0 Å². The lowest BCUT2D eigenvalue weighted by Gasteiger charge is -2.25. The van der Waals surface area contributed by atoms with Gasteiger partial charge in [-0.25, -0.2) is 0 Å². The van der Waals surface area contributed by atoms with Crippen LogP contribution in [0.3, 0.4) is 0 Å². The van der Waals surface area contributed by atoms with E-state index >= 15 is 0 Å². The van der Waals surface area contributed by atoms with Crippen molar-refractivity contribution in [3.63, 3.8) is 0 Å². The number of benzene rings is 2.